The van der Waals surface area contributed by atoms with Crippen molar-refractivity contribution in [1.82, 2.24) is 0 Å². The molecule has 67 valence electrons. The Balaban J connectivity index is 2.97. The van der Waals surface area contributed by atoms with E-state index in [-0.39, 0.29) is 0 Å². The Hall–Kier alpha value is 0. The maximum Gasteiger partial charge on any atom is -0.0358 e. The monoisotopic (exact) mass is 155 g/mol. The van der Waals surface area contributed by atoms with Crippen molar-refractivity contribution in [3.63, 3.8) is 0 Å². The van der Waals surface area contributed by atoms with Crippen LogP contribution in [-0.2, 0) is 0 Å². The van der Waals surface area contributed by atoms with Crippen molar-refractivity contribution in [1.29, 1.82) is 0 Å². The van der Waals surface area contributed by atoms with Crippen molar-refractivity contribution in [3.05, 3.63) is 6.42 Å². The summed E-state index contributed by atoms with van der Waals surface area (Å²) < 4.78 is 0. The molecular weight excluding hydrogens is 132 g/mol. The summed E-state index contributed by atoms with van der Waals surface area (Å²) in [4.78, 5) is 0. The van der Waals surface area contributed by atoms with Crippen LogP contribution in [0.15, 0.2) is 0 Å². The summed E-state index contributed by atoms with van der Waals surface area (Å²) in [6.07, 6.45) is 10.6. The summed E-state index contributed by atoms with van der Waals surface area (Å²) in [5, 5.41) is 0. The highest BCUT2D eigenvalue weighted by molar-refractivity contribution is 4.71. The van der Waals surface area contributed by atoms with E-state index in [2.05, 4.69) is 27.2 Å². The second-order valence-corrected chi connectivity index (χ2v) is 3.50. The van der Waals surface area contributed by atoms with Crippen LogP contribution in [0.1, 0.15) is 59.3 Å². The summed E-state index contributed by atoms with van der Waals surface area (Å²) in [7, 11) is 0. The van der Waals surface area contributed by atoms with Crippen LogP contribution in [0.4, 0.5) is 0 Å². The van der Waals surface area contributed by atoms with E-state index in [9.17, 15) is 0 Å². The molecule has 0 spiro atoms. The Bertz CT molecular complexity index is 66.4. The molecule has 1 radical (unpaired) electrons. The standard InChI is InChI=1S/C11H23/c1-4-6-7-8-10-11(3)9-5-2/h10-11H,4-9H2,1-3H3. The Morgan fingerprint density at radius 1 is 1.09 bits per heavy atom. The van der Waals surface area contributed by atoms with Gasteiger partial charge < -0.3 is 0 Å². The van der Waals surface area contributed by atoms with Crippen LogP contribution in [0, 0.1) is 12.3 Å². The maximum atomic E-state index is 2.49. The molecule has 0 aromatic carbocycles. The highest BCUT2D eigenvalue weighted by atomic mass is 14.0. The second kappa shape index (κ2) is 8.10. The lowest BCUT2D eigenvalue weighted by atomic mass is 9.98. The summed E-state index contributed by atoms with van der Waals surface area (Å²) in [5.41, 5.74) is 0. The quantitative estimate of drug-likeness (QED) is 0.483. The normalized spacial score (nSPS) is 13.4. The minimum absolute atomic E-state index is 0.844. The van der Waals surface area contributed by atoms with Crippen molar-refractivity contribution in [2.45, 2.75) is 59.3 Å². The molecule has 0 heterocycles. The molecule has 0 nitrogen and oxygen atoms in total. The van der Waals surface area contributed by atoms with Gasteiger partial charge in [-0.15, -0.1) is 0 Å². The van der Waals surface area contributed by atoms with Gasteiger partial charge in [-0.3, -0.25) is 0 Å². The Kier molecular flexibility index (Phi) is 8.10. The molecule has 0 saturated heterocycles. The van der Waals surface area contributed by atoms with Crippen LogP contribution in [0.2, 0.25) is 0 Å². The lowest BCUT2D eigenvalue weighted by Crippen LogP contribution is -1.94. The largest absolute Gasteiger partial charge is 0.0654 e. The highest BCUT2D eigenvalue weighted by Crippen LogP contribution is 2.13. The topological polar surface area (TPSA) is 0 Å². The van der Waals surface area contributed by atoms with Crippen LogP contribution in [0.5, 0.6) is 0 Å². The Morgan fingerprint density at radius 2 is 1.82 bits per heavy atom. The van der Waals surface area contributed by atoms with Gasteiger partial charge in [-0.25, -0.2) is 0 Å². The fourth-order valence-corrected chi connectivity index (χ4v) is 1.37. The van der Waals surface area contributed by atoms with E-state index in [1.165, 1.54) is 38.5 Å². The number of hydrogen-bond acceptors (Lipinski definition) is 0. The molecule has 0 amide bonds. The van der Waals surface area contributed by atoms with E-state index >= 15 is 0 Å². The van der Waals surface area contributed by atoms with E-state index in [1.807, 2.05) is 0 Å². The predicted molar refractivity (Wildman–Crippen MR) is 52.5 cm³/mol. The maximum absolute atomic E-state index is 2.49. The van der Waals surface area contributed by atoms with Gasteiger partial charge in [0.2, 0.25) is 0 Å². The van der Waals surface area contributed by atoms with Crippen molar-refractivity contribution in [2.24, 2.45) is 5.92 Å². The lowest BCUT2D eigenvalue weighted by Gasteiger charge is -2.07. The average molecular weight is 155 g/mol. The SMILES string of the molecule is CCCCC[CH]C(C)CCC. The molecule has 1 atom stereocenters. The molecule has 0 fully saturated rings. The molecular formula is C11H23. The third kappa shape index (κ3) is 7.90. The van der Waals surface area contributed by atoms with Crippen LogP contribution in [-0.4, -0.2) is 0 Å². The summed E-state index contributed by atoms with van der Waals surface area (Å²) in [6, 6.07) is 0. The van der Waals surface area contributed by atoms with Gasteiger partial charge in [0.1, 0.15) is 0 Å². The summed E-state index contributed by atoms with van der Waals surface area (Å²) in [6.45, 7) is 6.85. The number of hydrogen-bond donors (Lipinski definition) is 0. The summed E-state index contributed by atoms with van der Waals surface area (Å²) >= 11 is 0. The van der Waals surface area contributed by atoms with Gasteiger partial charge in [0.05, 0.1) is 0 Å². The average Bonchev–Trinajstić information content (AvgIpc) is 1.99. The zero-order valence-corrected chi connectivity index (χ0v) is 8.40. The molecule has 0 aliphatic rings. The first-order valence-electron chi connectivity index (χ1n) is 5.14. The van der Waals surface area contributed by atoms with Crippen molar-refractivity contribution in [2.75, 3.05) is 0 Å². The molecule has 0 aromatic heterocycles. The van der Waals surface area contributed by atoms with Gasteiger partial charge in [0.15, 0.2) is 0 Å². The van der Waals surface area contributed by atoms with E-state index in [0.717, 1.165) is 5.92 Å². The van der Waals surface area contributed by atoms with Gasteiger partial charge in [-0.2, -0.15) is 0 Å². The molecule has 0 aromatic rings. The van der Waals surface area contributed by atoms with Gasteiger partial charge >= 0.3 is 0 Å². The molecule has 0 aliphatic carbocycles. The van der Waals surface area contributed by atoms with Crippen molar-refractivity contribution >= 4 is 0 Å². The first-order valence-corrected chi connectivity index (χ1v) is 5.14. The highest BCUT2D eigenvalue weighted by Gasteiger charge is 1.99. The molecule has 0 aliphatic heterocycles. The van der Waals surface area contributed by atoms with E-state index in [1.54, 1.807) is 0 Å². The van der Waals surface area contributed by atoms with Crippen LogP contribution in [0.3, 0.4) is 0 Å². The summed E-state index contributed by atoms with van der Waals surface area (Å²) in [5.74, 6) is 0.844. The molecule has 0 bridgehead atoms. The lowest BCUT2D eigenvalue weighted by molar-refractivity contribution is 0.555. The Morgan fingerprint density at radius 3 is 2.36 bits per heavy atom. The second-order valence-electron chi connectivity index (χ2n) is 3.50. The zero-order chi connectivity index (χ0) is 8.53. The molecule has 11 heavy (non-hydrogen) atoms. The zero-order valence-electron chi connectivity index (χ0n) is 8.40. The Labute approximate surface area is 72.4 Å². The van der Waals surface area contributed by atoms with Gasteiger partial charge in [0.25, 0.3) is 0 Å². The number of rotatable bonds is 7. The minimum atomic E-state index is 0.844. The third-order valence-electron chi connectivity index (χ3n) is 2.12. The van der Waals surface area contributed by atoms with Gasteiger partial charge in [-0.05, 0) is 18.8 Å². The van der Waals surface area contributed by atoms with Crippen molar-refractivity contribution in [3.8, 4) is 0 Å². The number of unbranched alkanes of at least 4 members (excludes halogenated alkanes) is 3. The third-order valence-corrected chi connectivity index (χ3v) is 2.12. The molecule has 1 unspecified atom stereocenters. The molecule has 0 heteroatoms. The first-order chi connectivity index (χ1) is 5.31. The van der Waals surface area contributed by atoms with Crippen LogP contribution < -0.4 is 0 Å². The van der Waals surface area contributed by atoms with Crippen LogP contribution >= 0.6 is 0 Å². The van der Waals surface area contributed by atoms with Crippen LogP contribution in [0.25, 0.3) is 0 Å². The molecule has 0 saturated carbocycles. The smallest absolute Gasteiger partial charge is 0.0358 e. The predicted octanol–water partition coefficient (Wildman–Crippen LogP) is 4.21. The van der Waals surface area contributed by atoms with E-state index in [0.29, 0.717) is 0 Å². The molecule has 0 rings (SSSR count). The van der Waals surface area contributed by atoms with Gasteiger partial charge in [0, 0.05) is 0 Å². The van der Waals surface area contributed by atoms with E-state index in [4.69, 9.17) is 0 Å². The first kappa shape index (κ1) is 11.0. The fraction of sp³-hybridized carbons (Fsp3) is 0.909. The van der Waals surface area contributed by atoms with Crippen molar-refractivity contribution < 1.29 is 0 Å². The molecule has 0 N–H and O–H groups in total. The fourth-order valence-electron chi connectivity index (χ4n) is 1.37. The van der Waals surface area contributed by atoms with E-state index < -0.39 is 0 Å². The van der Waals surface area contributed by atoms with Gasteiger partial charge in [-0.1, -0.05) is 52.9 Å². The minimum Gasteiger partial charge on any atom is -0.0654 e.